The molecule has 8 nitrogen and oxygen atoms in total. The van der Waals surface area contributed by atoms with Gasteiger partial charge in [-0.3, -0.25) is 0 Å². The van der Waals surface area contributed by atoms with Crippen LogP contribution in [0.5, 0.6) is 0 Å². The van der Waals surface area contributed by atoms with Crippen LogP contribution in [0.4, 0.5) is 0 Å². The van der Waals surface area contributed by atoms with Gasteiger partial charge >= 0.3 is 182 Å². The molecular formula is H6Ca3Mg3O8P2. The minimum atomic E-state index is -5.39. The first-order valence-electron chi connectivity index (χ1n) is 1.46. The Kier molecular flexibility index (Phi) is 81.0. The molecule has 0 heterocycles. The zero-order valence-corrected chi connectivity index (χ0v) is 14.7. The van der Waals surface area contributed by atoms with E-state index in [0.29, 0.717) is 0 Å². The molecule has 0 rings (SSSR count). The second-order valence-corrected chi connectivity index (χ2v) is 2.68. The van der Waals surface area contributed by atoms with Crippen molar-refractivity contribution in [2.75, 3.05) is 0 Å². The van der Waals surface area contributed by atoms with E-state index in [1.807, 2.05) is 0 Å². The zero-order chi connectivity index (χ0) is 9.00. The normalized spacial score (nSPS) is 7.38. The van der Waals surface area contributed by atoms with Gasteiger partial charge in [-0.2, -0.15) is 15.6 Å². The van der Waals surface area contributed by atoms with E-state index in [-0.39, 0.29) is 182 Å². The van der Waals surface area contributed by atoms with Crippen molar-refractivity contribution in [3.63, 3.8) is 0 Å². The molecule has 0 bridgehead atoms. The third-order valence-electron chi connectivity index (χ3n) is 0. The summed E-state index contributed by atoms with van der Waals surface area (Å²) in [6.07, 6.45) is 0. The summed E-state index contributed by atoms with van der Waals surface area (Å²) >= 11 is 0. The molecule has 0 aromatic heterocycles. The van der Waals surface area contributed by atoms with Crippen LogP contribution in [0.1, 0.15) is 0 Å². The molecule has 0 aliphatic carbocycles. The van der Waals surface area contributed by atoms with Crippen molar-refractivity contribution in [2.24, 2.45) is 0 Å². The largest absolute Gasteiger partial charge is 2.00 e. The molecular weight excluding hydrogens is 383 g/mol. The van der Waals surface area contributed by atoms with Gasteiger partial charge in [0.1, 0.15) is 0 Å². The third-order valence-corrected chi connectivity index (χ3v) is 0. The summed E-state index contributed by atoms with van der Waals surface area (Å²) in [4.78, 5) is 51.3. The van der Waals surface area contributed by atoms with Crippen LogP contribution in [-0.4, -0.2) is 182 Å². The quantitative estimate of drug-likeness (QED) is 0.290. The van der Waals surface area contributed by atoms with Crippen LogP contribution in [0.3, 0.4) is 0 Å². The van der Waals surface area contributed by atoms with Gasteiger partial charge in [-0.05, 0) is 0 Å². The Morgan fingerprint density at radius 3 is 0.500 bits per heavy atom. The van der Waals surface area contributed by atoms with Crippen LogP contribution >= 0.6 is 15.6 Å². The second kappa shape index (κ2) is 26.2. The average Bonchev–Trinajstić information content (AvgIpc) is 1.12. The van der Waals surface area contributed by atoms with E-state index in [9.17, 15) is 0 Å². The number of hydrogen-bond acceptors (Lipinski definition) is 8. The van der Waals surface area contributed by atoms with Crippen LogP contribution in [0, 0.1) is 0 Å². The molecule has 0 fully saturated rings. The van der Waals surface area contributed by atoms with Gasteiger partial charge in [-0.15, -0.1) is 0 Å². The van der Waals surface area contributed by atoms with Gasteiger partial charge in [0.25, 0.3) is 0 Å². The van der Waals surface area contributed by atoms with Crippen molar-refractivity contribution in [3.8, 4) is 0 Å². The fourth-order valence-electron chi connectivity index (χ4n) is 0. The Balaban J connectivity index is -0.00000000970. The first-order valence-corrected chi connectivity index (χ1v) is 4.38. The summed E-state index contributed by atoms with van der Waals surface area (Å²) in [5, 5.41) is 0. The first kappa shape index (κ1) is 49.5. The fourth-order valence-corrected chi connectivity index (χ4v) is 0. The number of hydrogen-bond donors (Lipinski definition) is 0. The molecule has 0 unspecified atom stereocenters. The van der Waals surface area contributed by atoms with Crippen molar-refractivity contribution in [3.05, 3.63) is 0 Å². The molecule has 76 valence electrons. The van der Waals surface area contributed by atoms with Crippen molar-refractivity contribution in [2.45, 2.75) is 0 Å². The zero-order valence-electron chi connectivity index (χ0n) is 6.28. The molecule has 0 aromatic rings. The SMILES string of the molecule is O=P([O-])([O-])[O-].O=P([O-])([O-])[O-].[Ca+2].[Ca+2].[Ca+2].[MgH2].[MgH2].[MgH2]. The van der Waals surface area contributed by atoms with Crippen LogP contribution in [0.15, 0.2) is 0 Å². The summed E-state index contributed by atoms with van der Waals surface area (Å²) in [5.41, 5.74) is 0. The minimum Gasteiger partial charge on any atom is -0.822 e. The maximum absolute atomic E-state index is 8.55. The molecule has 0 aliphatic rings. The van der Waals surface area contributed by atoms with Crippen molar-refractivity contribution < 1.29 is 38.5 Å². The van der Waals surface area contributed by atoms with E-state index < -0.39 is 15.6 Å². The Labute approximate surface area is 230 Å². The summed E-state index contributed by atoms with van der Waals surface area (Å²) in [6, 6.07) is 0. The maximum Gasteiger partial charge on any atom is 2.00 e. The Morgan fingerprint density at radius 2 is 0.500 bits per heavy atom. The van der Waals surface area contributed by atoms with Gasteiger partial charge < -0.3 is 38.5 Å². The molecule has 0 N–H and O–H groups in total. The molecule has 0 atom stereocenters. The predicted molar refractivity (Wildman–Crippen MR) is 58.1 cm³/mol. The van der Waals surface area contributed by atoms with Gasteiger partial charge in [-0.25, -0.2) is 0 Å². The first-order chi connectivity index (χ1) is 4.00. The minimum absolute atomic E-state index is 0. The summed E-state index contributed by atoms with van der Waals surface area (Å²) in [6.45, 7) is 0. The standard InChI is InChI=1S/3Ca.3Mg.2H3O4P.6H/c;;;;;;2*1-5(2,3)4;;;;;;/h;;;;;;2*(H3,1,2,3,4);;;;;;/q3*+2;;;;;;;;;;;/p-6. The summed E-state index contributed by atoms with van der Waals surface area (Å²) in [7, 11) is -10.8. The van der Waals surface area contributed by atoms with Gasteiger partial charge in [0, 0.05) is 0 Å². The van der Waals surface area contributed by atoms with E-state index in [0.717, 1.165) is 0 Å². The van der Waals surface area contributed by atoms with Crippen LogP contribution in [0.2, 0.25) is 0 Å². The number of phosphoric acid groups is 2. The van der Waals surface area contributed by atoms with Crippen LogP contribution < -0.4 is 29.4 Å². The van der Waals surface area contributed by atoms with E-state index in [1.165, 1.54) is 0 Å². The summed E-state index contributed by atoms with van der Waals surface area (Å²) in [5.74, 6) is 0. The average molecular weight is 389 g/mol. The molecule has 0 amide bonds. The second-order valence-electron chi connectivity index (χ2n) is 0.894. The van der Waals surface area contributed by atoms with Gasteiger partial charge in [0.05, 0.1) is 0 Å². The van der Waals surface area contributed by atoms with E-state index in [4.69, 9.17) is 38.5 Å². The monoisotopic (exact) mass is 388 g/mol. The van der Waals surface area contributed by atoms with Crippen molar-refractivity contribution in [1.82, 2.24) is 0 Å². The predicted octanol–water partition coefficient (Wildman–Crippen LogP) is -9.54. The van der Waals surface area contributed by atoms with Crippen molar-refractivity contribution in [1.29, 1.82) is 0 Å². The van der Waals surface area contributed by atoms with Gasteiger partial charge in [0.15, 0.2) is 0 Å². The molecule has 16 heteroatoms. The van der Waals surface area contributed by atoms with E-state index in [2.05, 4.69) is 0 Å². The molecule has 16 heavy (non-hydrogen) atoms. The van der Waals surface area contributed by atoms with E-state index in [1.54, 1.807) is 0 Å². The van der Waals surface area contributed by atoms with Gasteiger partial charge in [-0.1, -0.05) is 0 Å². The Bertz CT molecular complexity index is 141. The number of rotatable bonds is 0. The third kappa shape index (κ3) is 191. The molecule has 0 spiro atoms. The summed E-state index contributed by atoms with van der Waals surface area (Å²) < 4.78 is 17.1. The topological polar surface area (TPSA) is 172 Å². The molecule has 0 saturated carbocycles. The molecule has 0 aliphatic heterocycles. The molecule has 0 radical (unpaired) electrons. The van der Waals surface area contributed by atoms with Gasteiger partial charge in [0.2, 0.25) is 0 Å². The van der Waals surface area contributed by atoms with Crippen LogP contribution in [-0.2, 0) is 9.13 Å². The maximum atomic E-state index is 8.55. The van der Waals surface area contributed by atoms with Crippen LogP contribution in [0.25, 0.3) is 0 Å². The van der Waals surface area contributed by atoms with Crippen molar-refractivity contribution >= 4 is 198 Å². The Hall–Kier alpha value is 6.30. The fraction of sp³-hybridized carbons (Fsp3) is 0. The van der Waals surface area contributed by atoms with E-state index >= 15 is 0 Å². The Morgan fingerprint density at radius 1 is 0.500 bits per heavy atom. The smallest absolute Gasteiger partial charge is 0.822 e. The molecule has 0 saturated heterocycles. The molecule has 0 aromatic carbocycles.